The maximum atomic E-state index is 12.0. The Balaban J connectivity index is 2.32. The van der Waals surface area contributed by atoms with E-state index in [2.05, 4.69) is 38.2 Å². The third-order valence-corrected chi connectivity index (χ3v) is 3.77. The van der Waals surface area contributed by atoms with E-state index in [1.165, 1.54) is 5.57 Å². The second-order valence-corrected chi connectivity index (χ2v) is 4.84. The number of carbonyl (C=O) groups is 1. The monoisotopic (exact) mass is 216 g/mol. The Bertz CT molecular complexity index is 371. The summed E-state index contributed by atoms with van der Waals surface area (Å²) in [5.41, 5.74) is 2.43. The van der Waals surface area contributed by atoms with Crippen molar-refractivity contribution in [2.45, 2.75) is 39.5 Å². The van der Waals surface area contributed by atoms with Gasteiger partial charge in [-0.1, -0.05) is 36.8 Å². The van der Waals surface area contributed by atoms with Gasteiger partial charge in [0.25, 0.3) is 0 Å². The van der Waals surface area contributed by atoms with Crippen molar-refractivity contribution >= 4 is 5.78 Å². The molecule has 2 atom stereocenters. The molecule has 0 radical (unpaired) electrons. The van der Waals surface area contributed by atoms with E-state index >= 15 is 0 Å². The molecule has 16 heavy (non-hydrogen) atoms. The molecule has 1 heteroatoms. The van der Waals surface area contributed by atoms with Crippen LogP contribution in [0.4, 0.5) is 0 Å². The summed E-state index contributed by atoms with van der Waals surface area (Å²) in [5, 5.41) is 0. The van der Waals surface area contributed by atoms with Gasteiger partial charge in [-0.25, -0.2) is 0 Å². The first-order valence-corrected chi connectivity index (χ1v) is 6.32. The minimum absolute atomic E-state index is 0.336. The molecule has 0 bridgehead atoms. The topological polar surface area (TPSA) is 17.1 Å². The fourth-order valence-corrected chi connectivity index (χ4v) is 2.85. The van der Waals surface area contributed by atoms with Crippen LogP contribution in [-0.4, -0.2) is 5.78 Å². The van der Waals surface area contributed by atoms with E-state index in [-0.39, 0.29) is 0 Å². The number of ketones is 1. The predicted octanol–water partition coefficient (Wildman–Crippen LogP) is 3.82. The molecular weight excluding hydrogens is 196 g/mol. The number of Topliss-reactive ketones (excluding diaryl/α,β-unsaturated/α-hetero) is 1. The first-order valence-electron chi connectivity index (χ1n) is 6.32. The Morgan fingerprint density at radius 3 is 2.69 bits per heavy atom. The molecule has 0 saturated carbocycles. The van der Waals surface area contributed by atoms with Crippen LogP contribution in [-0.2, 0) is 4.79 Å². The van der Waals surface area contributed by atoms with Crippen LogP contribution >= 0.6 is 0 Å². The highest BCUT2D eigenvalue weighted by atomic mass is 16.1. The average molecular weight is 216 g/mol. The lowest BCUT2D eigenvalue weighted by Crippen LogP contribution is -2.23. The van der Waals surface area contributed by atoms with Gasteiger partial charge in [0.2, 0.25) is 0 Å². The smallest absolute Gasteiger partial charge is 0.159 e. The van der Waals surface area contributed by atoms with Gasteiger partial charge in [-0.05, 0) is 32.1 Å². The summed E-state index contributed by atoms with van der Waals surface area (Å²) in [4.78, 5) is 12.0. The van der Waals surface area contributed by atoms with E-state index < -0.39 is 0 Å². The van der Waals surface area contributed by atoms with Gasteiger partial charge in [-0.2, -0.15) is 0 Å². The van der Waals surface area contributed by atoms with E-state index in [1.807, 2.05) is 0 Å². The van der Waals surface area contributed by atoms with Crippen LogP contribution < -0.4 is 0 Å². The molecule has 0 fully saturated rings. The second kappa shape index (κ2) is 4.82. The average Bonchev–Trinajstić information content (AvgIpc) is 2.29. The summed E-state index contributed by atoms with van der Waals surface area (Å²) in [6, 6.07) is 0. The zero-order chi connectivity index (χ0) is 11.5. The van der Waals surface area contributed by atoms with Gasteiger partial charge >= 0.3 is 0 Å². The Labute approximate surface area is 97.9 Å². The van der Waals surface area contributed by atoms with Crippen LogP contribution in [0, 0.1) is 11.8 Å². The van der Waals surface area contributed by atoms with Crippen molar-refractivity contribution in [1.82, 2.24) is 0 Å². The van der Waals surface area contributed by atoms with Crippen molar-refractivity contribution in [1.29, 1.82) is 0 Å². The summed E-state index contributed by atoms with van der Waals surface area (Å²) in [5.74, 6) is 1.23. The maximum Gasteiger partial charge on any atom is 0.159 e. The number of allylic oxidation sites excluding steroid dienone is 6. The van der Waals surface area contributed by atoms with Crippen molar-refractivity contribution in [3.05, 3.63) is 35.5 Å². The van der Waals surface area contributed by atoms with Gasteiger partial charge in [-0.3, -0.25) is 4.79 Å². The van der Waals surface area contributed by atoms with Gasteiger partial charge in [0.15, 0.2) is 5.78 Å². The fourth-order valence-electron chi connectivity index (χ4n) is 2.85. The van der Waals surface area contributed by atoms with Crippen molar-refractivity contribution in [3.8, 4) is 0 Å². The normalized spacial score (nSPS) is 30.0. The van der Waals surface area contributed by atoms with Crippen LogP contribution in [0.5, 0.6) is 0 Å². The van der Waals surface area contributed by atoms with Gasteiger partial charge in [0.05, 0.1) is 0 Å². The van der Waals surface area contributed by atoms with Crippen molar-refractivity contribution < 1.29 is 4.79 Å². The quantitative estimate of drug-likeness (QED) is 0.685. The number of hydrogen-bond donors (Lipinski definition) is 0. The molecule has 2 aliphatic carbocycles. The molecule has 0 amide bonds. The molecule has 0 aromatic rings. The van der Waals surface area contributed by atoms with Crippen LogP contribution in [0.3, 0.4) is 0 Å². The van der Waals surface area contributed by atoms with E-state index in [1.54, 1.807) is 0 Å². The van der Waals surface area contributed by atoms with Gasteiger partial charge < -0.3 is 0 Å². The highest BCUT2D eigenvalue weighted by Crippen LogP contribution is 2.35. The molecule has 0 saturated heterocycles. The zero-order valence-electron chi connectivity index (χ0n) is 10.2. The van der Waals surface area contributed by atoms with Crippen LogP contribution in [0.15, 0.2) is 35.5 Å². The third-order valence-electron chi connectivity index (χ3n) is 3.77. The molecule has 0 aromatic heterocycles. The van der Waals surface area contributed by atoms with E-state index in [4.69, 9.17) is 0 Å². The van der Waals surface area contributed by atoms with Crippen LogP contribution in [0.25, 0.3) is 0 Å². The van der Waals surface area contributed by atoms with Crippen molar-refractivity contribution in [2.75, 3.05) is 0 Å². The molecule has 0 spiro atoms. The van der Waals surface area contributed by atoms with Gasteiger partial charge in [-0.15, -0.1) is 0 Å². The molecule has 2 aliphatic rings. The summed E-state index contributed by atoms with van der Waals surface area (Å²) in [6.45, 7) is 4.33. The molecule has 1 nitrogen and oxygen atoms in total. The van der Waals surface area contributed by atoms with Crippen LogP contribution in [0.2, 0.25) is 0 Å². The van der Waals surface area contributed by atoms with Crippen molar-refractivity contribution in [3.63, 3.8) is 0 Å². The highest BCUT2D eigenvalue weighted by Gasteiger charge is 2.28. The lowest BCUT2D eigenvalue weighted by atomic mass is 9.75. The summed E-state index contributed by atoms with van der Waals surface area (Å²) in [7, 11) is 0. The molecule has 2 unspecified atom stereocenters. The largest absolute Gasteiger partial charge is 0.295 e. The van der Waals surface area contributed by atoms with Crippen LogP contribution in [0.1, 0.15) is 39.5 Å². The van der Waals surface area contributed by atoms with Gasteiger partial charge in [0, 0.05) is 17.9 Å². The SMILES string of the molecule is CCC1C=CC=CC1C1=C(C)CCCC1=O. The second-order valence-electron chi connectivity index (χ2n) is 4.84. The Morgan fingerprint density at radius 2 is 2.00 bits per heavy atom. The fraction of sp³-hybridized carbons (Fsp3) is 0.533. The molecule has 0 heterocycles. The number of carbonyl (C=O) groups excluding carboxylic acids is 1. The Morgan fingerprint density at radius 1 is 1.25 bits per heavy atom. The number of rotatable bonds is 2. The summed E-state index contributed by atoms with van der Waals surface area (Å²) < 4.78 is 0. The molecule has 2 rings (SSSR count). The first-order chi connectivity index (χ1) is 7.74. The molecule has 0 aromatic carbocycles. The van der Waals surface area contributed by atoms with Crippen molar-refractivity contribution in [2.24, 2.45) is 11.8 Å². The lowest BCUT2D eigenvalue weighted by Gasteiger charge is -2.29. The Hall–Kier alpha value is -1.11. The minimum Gasteiger partial charge on any atom is -0.295 e. The summed E-state index contributed by atoms with van der Waals surface area (Å²) >= 11 is 0. The molecule has 0 aliphatic heterocycles. The van der Waals surface area contributed by atoms with E-state index in [0.29, 0.717) is 17.6 Å². The first kappa shape index (κ1) is 11.4. The third kappa shape index (κ3) is 2.04. The van der Waals surface area contributed by atoms with E-state index in [9.17, 15) is 4.79 Å². The van der Waals surface area contributed by atoms with E-state index in [0.717, 1.165) is 31.3 Å². The zero-order valence-corrected chi connectivity index (χ0v) is 10.2. The van der Waals surface area contributed by atoms with Gasteiger partial charge in [0.1, 0.15) is 0 Å². The standard InChI is InChI=1S/C15H20O/c1-3-12-8-4-5-9-13(12)15-11(2)7-6-10-14(15)16/h4-5,8-9,12-13H,3,6-7,10H2,1-2H3. The minimum atomic E-state index is 0.336. The Kier molecular flexibility index (Phi) is 3.42. The maximum absolute atomic E-state index is 12.0. The predicted molar refractivity (Wildman–Crippen MR) is 67.1 cm³/mol. The molecular formula is C15H20O. The highest BCUT2D eigenvalue weighted by molar-refractivity contribution is 5.97. The number of hydrogen-bond acceptors (Lipinski definition) is 1. The lowest BCUT2D eigenvalue weighted by molar-refractivity contribution is -0.116. The molecule has 0 N–H and O–H groups in total. The summed E-state index contributed by atoms with van der Waals surface area (Å²) in [6.07, 6.45) is 12.6. The molecule has 86 valence electrons.